The molecule has 0 radical (unpaired) electrons. The second-order valence-corrected chi connectivity index (χ2v) is 3.25. The molecule has 0 saturated carbocycles. The van der Waals surface area contributed by atoms with Gasteiger partial charge in [0.25, 0.3) is 0 Å². The van der Waals surface area contributed by atoms with Gasteiger partial charge in [-0.25, -0.2) is 4.79 Å². The number of urea groups is 1. The zero-order chi connectivity index (χ0) is 12.0. The van der Waals surface area contributed by atoms with Crippen molar-refractivity contribution in [3.63, 3.8) is 0 Å². The average Bonchev–Trinajstić information content (AvgIpc) is 2.29. The van der Waals surface area contributed by atoms with Crippen LogP contribution in [0.2, 0.25) is 0 Å². The van der Waals surface area contributed by atoms with Crippen LogP contribution in [0, 0.1) is 0 Å². The molecule has 0 atom stereocenters. The van der Waals surface area contributed by atoms with Crippen molar-refractivity contribution in [1.29, 1.82) is 0 Å². The lowest BCUT2D eigenvalue weighted by atomic mass is 10.3. The molecule has 0 aliphatic heterocycles. The van der Waals surface area contributed by atoms with Crippen LogP contribution >= 0.6 is 0 Å². The molecule has 0 aliphatic rings. The molecule has 6 heteroatoms. The predicted molar refractivity (Wildman–Crippen MR) is 61.0 cm³/mol. The molecule has 0 spiro atoms. The molecule has 0 fully saturated rings. The van der Waals surface area contributed by atoms with Gasteiger partial charge >= 0.3 is 6.03 Å². The van der Waals surface area contributed by atoms with Crippen molar-refractivity contribution >= 4 is 17.4 Å². The Labute approximate surface area is 93.1 Å². The third-order valence-corrected chi connectivity index (χ3v) is 1.98. The first kappa shape index (κ1) is 12.3. The molecule has 6 nitrogen and oxygen atoms in total. The van der Waals surface area contributed by atoms with Crippen molar-refractivity contribution in [3.05, 3.63) is 24.3 Å². The molecule has 0 aromatic heterocycles. The summed E-state index contributed by atoms with van der Waals surface area (Å²) in [6.45, 7) is -0.650. The molecule has 0 unspecified atom stereocenters. The van der Waals surface area contributed by atoms with Crippen molar-refractivity contribution < 1.29 is 15.0 Å². The Bertz CT molecular complexity index is 353. The van der Waals surface area contributed by atoms with Gasteiger partial charge in [0.05, 0.1) is 30.6 Å². The number of aliphatic hydroxyl groups excluding tert-OH is 2. The highest BCUT2D eigenvalue weighted by Gasteiger charge is 2.10. The first-order valence-corrected chi connectivity index (χ1v) is 4.81. The summed E-state index contributed by atoms with van der Waals surface area (Å²) in [6, 6.07) is 5.60. The number of nitrogen functional groups attached to an aromatic ring is 1. The lowest BCUT2D eigenvalue weighted by Gasteiger charge is -2.14. The van der Waals surface area contributed by atoms with Crippen LogP contribution in [0.3, 0.4) is 0 Å². The quantitative estimate of drug-likeness (QED) is 0.455. The summed E-state index contributed by atoms with van der Waals surface area (Å²) >= 11 is 0. The average molecular weight is 225 g/mol. The zero-order valence-corrected chi connectivity index (χ0v) is 8.68. The van der Waals surface area contributed by atoms with Crippen molar-refractivity contribution in [2.24, 2.45) is 0 Å². The molecule has 1 aromatic carbocycles. The van der Waals surface area contributed by atoms with Gasteiger partial charge in [-0.15, -0.1) is 0 Å². The smallest absolute Gasteiger partial charge is 0.319 e. The van der Waals surface area contributed by atoms with Crippen LogP contribution in [0.15, 0.2) is 24.3 Å². The Hall–Kier alpha value is -1.79. The number of benzene rings is 1. The maximum atomic E-state index is 11.4. The third-order valence-electron chi connectivity index (χ3n) is 1.98. The number of carbonyl (C=O) groups excluding carboxylic acids is 1. The number of rotatable bonds is 4. The Balaban J connectivity index is 2.55. The van der Waals surface area contributed by atoms with Crippen molar-refractivity contribution in [2.45, 2.75) is 6.04 Å². The van der Waals surface area contributed by atoms with E-state index in [1.807, 2.05) is 0 Å². The van der Waals surface area contributed by atoms with Gasteiger partial charge in [-0.3, -0.25) is 0 Å². The highest BCUT2D eigenvalue weighted by atomic mass is 16.3. The number of aliphatic hydroxyl groups is 2. The van der Waals surface area contributed by atoms with E-state index in [9.17, 15) is 4.79 Å². The SMILES string of the molecule is Nc1ccccc1NC(=O)NC(CO)CO. The van der Waals surface area contributed by atoms with Gasteiger partial charge in [0.1, 0.15) is 0 Å². The third kappa shape index (κ3) is 3.41. The van der Waals surface area contributed by atoms with Crippen molar-refractivity contribution in [3.8, 4) is 0 Å². The summed E-state index contributed by atoms with van der Waals surface area (Å²) in [6.07, 6.45) is 0. The second-order valence-electron chi connectivity index (χ2n) is 3.25. The molecule has 1 aromatic rings. The van der Waals surface area contributed by atoms with E-state index in [1.54, 1.807) is 24.3 Å². The minimum absolute atomic E-state index is 0.325. The van der Waals surface area contributed by atoms with Crippen LogP contribution in [0.4, 0.5) is 16.2 Å². The summed E-state index contributed by atoms with van der Waals surface area (Å²) in [4.78, 5) is 11.4. The first-order valence-electron chi connectivity index (χ1n) is 4.81. The predicted octanol–water partition coefficient (Wildman–Crippen LogP) is -0.257. The number of nitrogens with two attached hydrogens (primary N) is 1. The number of hydrogen-bond acceptors (Lipinski definition) is 4. The lowest BCUT2D eigenvalue weighted by Crippen LogP contribution is -2.42. The summed E-state index contributed by atoms with van der Waals surface area (Å²) in [7, 11) is 0. The highest BCUT2D eigenvalue weighted by Crippen LogP contribution is 2.16. The second kappa shape index (κ2) is 5.94. The van der Waals surface area contributed by atoms with Crippen molar-refractivity contribution in [2.75, 3.05) is 24.3 Å². The van der Waals surface area contributed by atoms with E-state index in [2.05, 4.69) is 10.6 Å². The molecule has 16 heavy (non-hydrogen) atoms. The fraction of sp³-hybridized carbons (Fsp3) is 0.300. The summed E-state index contributed by atoms with van der Waals surface area (Å²) in [5, 5.41) is 22.4. The van der Waals surface area contributed by atoms with Gasteiger partial charge in [0.2, 0.25) is 0 Å². The monoisotopic (exact) mass is 225 g/mol. The van der Waals surface area contributed by atoms with Gasteiger partial charge in [-0.05, 0) is 12.1 Å². The Morgan fingerprint density at radius 2 is 1.94 bits per heavy atom. The minimum atomic E-state index is -0.676. The molecule has 88 valence electrons. The van der Waals surface area contributed by atoms with E-state index in [0.29, 0.717) is 11.4 Å². The Kier molecular flexibility index (Phi) is 4.56. The molecule has 0 saturated heterocycles. The number of anilines is 2. The van der Waals surface area contributed by atoms with E-state index < -0.39 is 12.1 Å². The largest absolute Gasteiger partial charge is 0.397 e. The molecule has 2 amide bonds. The molecular formula is C10H15N3O3. The first-order chi connectivity index (χ1) is 7.67. The summed E-state index contributed by atoms with van der Waals surface area (Å²) in [5.74, 6) is 0. The van der Waals surface area contributed by atoms with Crippen LogP contribution in [-0.2, 0) is 0 Å². The fourth-order valence-electron chi connectivity index (χ4n) is 1.10. The molecule has 0 heterocycles. The molecular weight excluding hydrogens is 210 g/mol. The van der Waals surface area contributed by atoms with E-state index in [-0.39, 0.29) is 13.2 Å². The van der Waals surface area contributed by atoms with Gasteiger partial charge in [0, 0.05) is 0 Å². The summed E-state index contributed by atoms with van der Waals surface area (Å²) in [5.41, 5.74) is 6.55. The number of para-hydroxylation sites is 2. The molecule has 0 aliphatic carbocycles. The van der Waals surface area contributed by atoms with Crippen LogP contribution in [0.1, 0.15) is 0 Å². The van der Waals surface area contributed by atoms with Crippen LogP contribution < -0.4 is 16.4 Å². The number of carbonyl (C=O) groups is 1. The van der Waals surface area contributed by atoms with Crippen LogP contribution in [-0.4, -0.2) is 35.5 Å². The Morgan fingerprint density at radius 1 is 1.31 bits per heavy atom. The van der Waals surface area contributed by atoms with Crippen LogP contribution in [0.25, 0.3) is 0 Å². The van der Waals surface area contributed by atoms with Gasteiger partial charge in [0.15, 0.2) is 0 Å². The van der Waals surface area contributed by atoms with Crippen LogP contribution in [0.5, 0.6) is 0 Å². The maximum absolute atomic E-state index is 11.4. The number of hydrogen-bond donors (Lipinski definition) is 5. The standard InChI is InChI=1S/C10H15N3O3/c11-8-3-1-2-4-9(8)13-10(16)12-7(5-14)6-15/h1-4,7,14-15H,5-6,11H2,(H2,12,13,16). The highest BCUT2D eigenvalue weighted by molar-refractivity contribution is 5.92. The zero-order valence-electron chi connectivity index (χ0n) is 8.68. The molecule has 0 bridgehead atoms. The minimum Gasteiger partial charge on any atom is -0.397 e. The topological polar surface area (TPSA) is 108 Å². The molecule has 6 N–H and O–H groups in total. The van der Waals surface area contributed by atoms with E-state index >= 15 is 0 Å². The van der Waals surface area contributed by atoms with Gasteiger partial charge < -0.3 is 26.6 Å². The van der Waals surface area contributed by atoms with E-state index in [4.69, 9.17) is 15.9 Å². The summed E-state index contributed by atoms with van der Waals surface area (Å²) < 4.78 is 0. The molecule has 1 rings (SSSR count). The number of nitrogens with one attached hydrogen (secondary N) is 2. The maximum Gasteiger partial charge on any atom is 0.319 e. The lowest BCUT2D eigenvalue weighted by molar-refractivity contribution is 0.172. The Morgan fingerprint density at radius 3 is 2.50 bits per heavy atom. The normalized spacial score (nSPS) is 10.2. The van der Waals surface area contributed by atoms with Crippen molar-refractivity contribution in [1.82, 2.24) is 5.32 Å². The number of amides is 2. The van der Waals surface area contributed by atoms with E-state index in [0.717, 1.165) is 0 Å². The van der Waals surface area contributed by atoms with E-state index in [1.165, 1.54) is 0 Å². The fourth-order valence-corrected chi connectivity index (χ4v) is 1.10. The van der Waals surface area contributed by atoms with Gasteiger partial charge in [-0.2, -0.15) is 0 Å². The van der Waals surface area contributed by atoms with Gasteiger partial charge in [-0.1, -0.05) is 12.1 Å².